The molecule has 4 aromatic rings. The highest BCUT2D eigenvalue weighted by Crippen LogP contribution is 2.27. The molecule has 0 aliphatic rings. The number of halogens is 1. The zero-order valence-electron chi connectivity index (χ0n) is 10.6. The van der Waals surface area contributed by atoms with Gasteiger partial charge in [0.15, 0.2) is 0 Å². The molecule has 0 fully saturated rings. The molecule has 0 amide bonds. The van der Waals surface area contributed by atoms with E-state index in [0.717, 1.165) is 27.5 Å². The lowest BCUT2D eigenvalue weighted by molar-refractivity contribution is 0.627. The third-order valence-electron chi connectivity index (χ3n) is 3.52. The topological polar surface area (TPSA) is 17.8 Å². The smallest absolute Gasteiger partial charge is 0.125 e. The van der Waals surface area contributed by atoms with Gasteiger partial charge in [-0.3, -0.25) is 4.57 Å². The average molecular weight is 262 g/mol. The van der Waals surface area contributed by atoms with Crippen LogP contribution >= 0.6 is 0 Å². The second kappa shape index (κ2) is 4.17. The molecule has 0 bridgehead atoms. The number of imidazole rings is 1. The van der Waals surface area contributed by atoms with Gasteiger partial charge in [0.25, 0.3) is 0 Å². The summed E-state index contributed by atoms with van der Waals surface area (Å²) >= 11 is 0. The molecule has 0 aliphatic carbocycles. The van der Waals surface area contributed by atoms with E-state index < -0.39 is 0 Å². The van der Waals surface area contributed by atoms with Crippen molar-refractivity contribution in [1.29, 1.82) is 0 Å². The van der Waals surface area contributed by atoms with Gasteiger partial charge >= 0.3 is 0 Å². The summed E-state index contributed by atoms with van der Waals surface area (Å²) in [7, 11) is 0. The number of benzene rings is 3. The standard InChI is InChI=1S/C17H11FN2/c18-13-5-3-6-14(10-13)20-11-19-16-9-8-12-4-1-2-7-15(12)17(16)20/h1-11H. The van der Waals surface area contributed by atoms with Gasteiger partial charge in [-0.15, -0.1) is 0 Å². The van der Waals surface area contributed by atoms with Gasteiger partial charge in [0.2, 0.25) is 0 Å². The predicted molar refractivity (Wildman–Crippen MR) is 78.5 cm³/mol. The Kier molecular flexibility index (Phi) is 2.33. The minimum atomic E-state index is -0.246. The van der Waals surface area contributed by atoms with Crippen molar-refractivity contribution >= 4 is 21.8 Å². The van der Waals surface area contributed by atoms with Crippen LogP contribution in [0.1, 0.15) is 0 Å². The van der Waals surface area contributed by atoms with Gasteiger partial charge in [0, 0.05) is 5.39 Å². The molecule has 0 saturated carbocycles. The van der Waals surface area contributed by atoms with Crippen molar-refractivity contribution < 1.29 is 4.39 Å². The Labute approximate surface area is 115 Å². The maximum atomic E-state index is 13.4. The summed E-state index contributed by atoms with van der Waals surface area (Å²) in [5.41, 5.74) is 2.70. The molecule has 96 valence electrons. The summed E-state index contributed by atoms with van der Waals surface area (Å²) in [6.07, 6.45) is 1.74. The summed E-state index contributed by atoms with van der Waals surface area (Å²) in [5, 5.41) is 2.27. The predicted octanol–water partition coefficient (Wildman–Crippen LogP) is 4.32. The highest BCUT2D eigenvalue weighted by atomic mass is 19.1. The van der Waals surface area contributed by atoms with Gasteiger partial charge in [-0.2, -0.15) is 0 Å². The van der Waals surface area contributed by atoms with Crippen LogP contribution in [-0.4, -0.2) is 9.55 Å². The van der Waals surface area contributed by atoms with E-state index >= 15 is 0 Å². The summed E-state index contributed by atoms with van der Waals surface area (Å²) in [4.78, 5) is 4.42. The Morgan fingerprint density at radius 1 is 0.900 bits per heavy atom. The molecule has 0 spiro atoms. The Morgan fingerprint density at radius 2 is 1.80 bits per heavy atom. The van der Waals surface area contributed by atoms with Crippen LogP contribution < -0.4 is 0 Å². The molecule has 2 nitrogen and oxygen atoms in total. The first kappa shape index (κ1) is 11.2. The lowest BCUT2D eigenvalue weighted by atomic mass is 10.1. The van der Waals surface area contributed by atoms with Crippen LogP contribution in [0.2, 0.25) is 0 Å². The highest BCUT2D eigenvalue weighted by molar-refractivity contribution is 6.04. The quantitative estimate of drug-likeness (QED) is 0.499. The zero-order valence-corrected chi connectivity index (χ0v) is 10.6. The number of hydrogen-bond donors (Lipinski definition) is 0. The fourth-order valence-corrected chi connectivity index (χ4v) is 2.60. The van der Waals surface area contributed by atoms with E-state index in [1.807, 2.05) is 28.8 Å². The molecular formula is C17H11FN2. The highest BCUT2D eigenvalue weighted by Gasteiger charge is 2.08. The van der Waals surface area contributed by atoms with E-state index in [0.29, 0.717) is 0 Å². The van der Waals surface area contributed by atoms with Crippen LogP contribution in [0.5, 0.6) is 0 Å². The van der Waals surface area contributed by atoms with Crippen LogP contribution in [0.4, 0.5) is 4.39 Å². The molecule has 0 atom stereocenters. The van der Waals surface area contributed by atoms with E-state index in [-0.39, 0.29) is 5.82 Å². The van der Waals surface area contributed by atoms with Crippen molar-refractivity contribution in [3.63, 3.8) is 0 Å². The van der Waals surface area contributed by atoms with Crippen molar-refractivity contribution in [1.82, 2.24) is 9.55 Å². The molecule has 0 N–H and O–H groups in total. The van der Waals surface area contributed by atoms with E-state index in [1.54, 1.807) is 12.4 Å². The number of nitrogens with zero attached hydrogens (tertiary/aromatic N) is 2. The summed E-state index contributed by atoms with van der Waals surface area (Å²) in [6.45, 7) is 0. The summed E-state index contributed by atoms with van der Waals surface area (Å²) < 4.78 is 15.4. The van der Waals surface area contributed by atoms with E-state index in [1.165, 1.54) is 12.1 Å². The van der Waals surface area contributed by atoms with E-state index in [4.69, 9.17) is 0 Å². The molecule has 3 aromatic carbocycles. The normalized spacial score (nSPS) is 11.2. The number of rotatable bonds is 1. The fraction of sp³-hybridized carbons (Fsp3) is 0. The molecule has 0 radical (unpaired) electrons. The number of hydrogen-bond acceptors (Lipinski definition) is 1. The molecule has 0 unspecified atom stereocenters. The number of fused-ring (bicyclic) bond motifs is 3. The molecule has 0 saturated heterocycles. The maximum Gasteiger partial charge on any atom is 0.125 e. The third kappa shape index (κ3) is 1.60. The Hall–Kier alpha value is -2.68. The Bertz CT molecular complexity index is 924. The van der Waals surface area contributed by atoms with Gasteiger partial charge in [0.05, 0.1) is 16.7 Å². The Morgan fingerprint density at radius 3 is 2.70 bits per heavy atom. The average Bonchev–Trinajstić information content (AvgIpc) is 2.91. The first-order chi connectivity index (χ1) is 9.83. The van der Waals surface area contributed by atoms with Crippen LogP contribution in [-0.2, 0) is 0 Å². The van der Waals surface area contributed by atoms with Crippen molar-refractivity contribution in [3.8, 4) is 5.69 Å². The minimum Gasteiger partial charge on any atom is -0.298 e. The largest absolute Gasteiger partial charge is 0.298 e. The Balaban J connectivity index is 2.12. The van der Waals surface area contributed by atoms with Gasteiger partial charge in [-0.1, -0.05) is 36.4 Å². The third-order valence-corrected chi connectivity index (χ3v) is 3.52. The van der Waals surface area contributed by atoms with E-state index in [2.05, 4.69) is 23.2 Å². The molecular weight excluding hydrogens is 251 g/mol. The lowest BCUT2D eigenvalue weighted by Gasteiger charge is -2.07. The SMILES string of the molecule is Fc1cccc(-n2cnc3ccc4ccccc4c32)c1. The maximum absolute atomic E-state index is 13.4. The van der Waals surface area contributed by atoms with Gasteiger partial charge in [0.1, 0.15) is 12.1 Å². The molecule has 0 aliphatic heterocycles. The van der Waals surface area contributed by atoms with Crippen molar-refractivity contribution in [2.75, 3.05) is 0 Å². The molecule has 20 heavy (non-hydrogen) atoms. The second-order valence-corrected chi connectivity index (χ2v) is 4.75. The van der Waals surface area contributed by atoms with Crippen LogP contribution in [0.25, 0.3) is 27.5 Å². The minimum absolute atomic E-state index is 0.246. The molecule has 3 heteroatoms. The van der Waals surface area contributed by atoms with Crippen molar-refractivity contribution in [2.24, 2.45) is 0 Å². The molecule has 1 heterocycles. The van der Waals surface area contributed by atoms with Gasteiger partial charge in [-0.25, -0.2) is 9.37 Å². The first-order valence-electron chi connectivity index (χ1n) is 6.44. The first-order valence-corrected chi connectivity index (χ1v) is 6.44. The van der Waals surface area contributed by atoms with Crippen molar-refractivity contribution in [2.45, 2.75) is 0 Å². The lowest BCUT2D eigenvalue weighted by Crippen LogP contribution is -1.93. The van der Waals surface area contributed by atoms with Crippen LogP contribution in [0.15, 0.2) is 67.0 Å². The summed E-state index contributed by atoms with van der Waals surface area (Å²) in [5.74, 6) is -0.246. The zero-order chi connectivity index (χ0) is 13.5. The van der Waals surface area contributed by atoms with Crippen LogP contribution in [0, 0.1) is 5.82 Å². The molecule has 1 aromatic heterocycles. The monoisotopic (exact) mass is 262 g/mol. The number of aromatic nitrogens is 2. The van der Waals surface area contributed by atoms with Crippen LogP contribution in [0.3, 0.4) is 0 Å². The van der Waals surface area contributed by atoms with Crippen molar-refractivity contribution in [3.05, 3.63) is 72.8 Å². The van der Waals surface area contributed by atoms with E-state index in [9.17, 15) is 4.39 Å². The van der Waals surface area contributed by atoms with Gasteiger partial charge in [-0.05, 0) is 29.7 Å². The fourth-order valence-electron chi connectivity index (χ4n) is 2.60. The molecule has 4 rings (SSSR count). The second-order valence-electron chi connectivity index (χ2n) is 4.75. The summed E-state index contributed by atoms with van der Waals surface area (Å²) in [6, 6.07) is 18.7. The van der Waals surface area contributed by atoms with Gasteiger partial charge < -0.3 is 0 Å².